The number of hydrogen-bond donors (Lipinski definition) is 1. The van der Waals surface area contributed by atoms with Gasteiger partial charge in [0.05, 0.1) is 12.4 Å². The van der Waals surface area contributed by atoms with Crippen LogP contribution in [0.5, 0.6) is 11.5 Å². The molecule has 0 aliphatic rings. The van der Waals surface area contributed by atoms with Crippen molar-refractivity contribution < 1.29 is 28.6 Å². The van der Waals surface area contributed by atoms with Crippen LogP contribution in [0.25, 0.3) is 0 Å². The average Bonchev–Trinajstić information content (AvgIpc) is 2.79. The molecule has 2 aromatic rings. The Hall–Kier alpha value is -3.07. The van der Waals surface area contributed by atoms with Gasteiger partial charge in [-0.15, -0.1) is 11.8 Å². The summed E-state index contributed by atoms with van der Waals surface area (Å²) in [6.07, 6.45) is 0.923. The molecule has 3 atom stereocenters. The van der Waals surface area contributed by atoms with Crippen molar-refractivity contribution in [3.63, 3.8) is 0 Å². The molecule has 0 unspecified atom stereocenters. The maximum Gasteiger partial charge on any atom is 0.328 e. The van der Waals surface area contributed by atoms with E-state index in [4.69, 9.17) is 14.2 Å². The van der Waals surface area contributed by atoms with Crippen LogP contribution in [0.3, 0.4) is 0 Å². The number of aromatic nitrogens is 1. The maximum atomic E-state index is 12.8. The number of pyridine rings is 1. The minimum absolute atomic E-state index is 0.0499. The fourth-order valence-electron chi connectivity index (χ4n) is 3.11. The molecule has 184 valence electrons. The minimum Gasteiger partial charge on any atom is -0.493 e. The number of hydrogen-bond acceptors (Lipinski definition) is 8. The Morgan fingerprint density at radius 2 is 1.74 bits per heavy atom. The zero-order valence-corrected chi connectivity index (χ0v) is 21.2. The van der Waals surface area contributed by atoms with Gasteiger partial charge in [-0.3, -0.25) is 9.59 Å². The van der Waals surface area contributed by atoms with Crippen LogP contribution in [0.1, 0.15) is 55.9 Å². The molecular formula is C25H32N2O6S. The minimum atomic E-state index is -0.959. The van der Waals surface area contributed by atoms with E-state index in [2.05, 4.69) is 24.1 Å². The van der Waals surface area contributed by atoms with Crippen LogP contribution in [0.4, 0.5) is 0 Å². The molecule has 1 aromatic heterocycles. The molecule has 1 aromatic carbocycles. The Morgan fingerprint density at radius 3 is 2.32 bits per heavy atom. The van der Waals surface area contributed by atoms with Crippen molar-refractivity contribution >= 4 is 29.6 Å². The van der Waals surface area contributed by atoms with Crippen LogP contribution in [-0.2, 0) is 14.3 Å². The molecule has 34 heavy (non-hydrogen) atoms. The van der Waals surface area contributed by atoms with Crippen LogP contribution < -0.4 is 14.8 Å². The summed E-state index contributed by atoms with van der Waals surface area (Å²) in [5, 5.41) is 2.52. The van der Waals surface area contributed by atoms with E-state index in [9.17, 15) is 14.4 Å². The number of nitrogens with zero attached hydrogens (tertiary/aromatic N) is 1. The predicted molar refractivity (Wildman–Crippen MR) is 131 cm³/mol. The summed E-state index contributed by atoms with van der Waals surface area (Å²) in [5.41, 5.74) is 0.897. The summed E-state index contributed by atoms with van der Waals surface area (Å²) in [7, 11) is 1.38. The number of methoxy groups -OCH3 is 1. The molecule has 0 aliphatic carbocycles. The monoisotopic (exact) mass is 488 g/mol. The van der Waals surface area contributed by atoms with Gasteiger partial charge in [-0.1, -0.05) is 44.2 Å². The van der Waals surface area contributed by atoms with Gasteiger partial charge >= 0.3 is 11.9 Å². The Morgan fingerprint density at radius 1 is 1.06 bits per heavy atom. The number of amides is 1. The van der Waals surface area contributed by atoms with Crippen LogP contribution in [0.15, 0.2) is 42.6 Å². The number of benzene rings is 1. The van der Waals surface area contributed by atoms with E-state index in [1.54, 1.807) is 11.8 Å². The number of rotatable bonds is 11. The third-order valence-corrected chi connectivity index (χ3v) is 6.59. The molecule has 0 bridgehead atoms. The topological polar surface area (TPSA) is 104 Å². The van der Waals surface area contributed by atoms with E-state index < -0.39 is 30.0 Å². The number of ether oxygens (including phenoxy) is 3. The van der Waals surface area contributed by atoms with Gasteiger partial charge in [0.2, 0.25) is 5.75 Å². The molecule has 2 rings (SSSR count). The smallest absolute Gasteiger partial charge is 0.328 e. The lowest BCUT2D eigenvalue weighted by Crippen LogP contribution is -2.41. The van der Waals surface area contributed by atoms with Gasteiger partial charge in [-0.25, -0.2) is 9.78 Å². The highest BCUT2D eigenvalue weighted by Crippen LogP contribution is 2.35. The predicted octanol–water partition coefficient (Wildman–Crippen LogP) is 4.20. The zero-order valence-electron chi connectivity index (χ0n) is 20.4. The molecule has 1 heterocycles. The summed E-state index contributed by atoms with van der Waals surface area (Å²) in [6, 6.07) is 10.4. The molecule has 1 N–H and O–H groups in total. The first kappa shape index (κ1) is 27.2. The lowest BCUT2D eigenvalue weighted by molar-refractivity contribution is -0.150. The van der Waals surface area contributed by atoms with Crippen molar-refractivity contribution in [2.75, 3.05) is 12.9 Å². The van der Waals surface area contributed by atoms with Crippen molar-refractivity contribution in [3.8, 4) is 11.5 Å². The van der Waals surface area contributed by atoms with Gasteiger partial charge in [0, 0.05) is 19.2 Å². The van der Waals surface area contributed by atoms with Crippen molar-refractivity contribution in [3.05, 3.63) is 53.9 Å². The quantitative estimate of drug-likeness (QED) is 0.470. The van der Waals surface area contributed by atoms with Crippen LogP contribution in [0.2, 0.25) is 0 Å². The standard InChI is InChI=1S/C25H32N2O6S/c1-15(2)14-34-23(19-10-8-7-9-11-19)17(4)32-25(30)16(3)27-24(29)21-22(33-18(5)28)20(31-6)12-13-26-21/h7-13,15-17,23H,14H2,1-6H3,(H,27,29)/t16-,17-,23-/m0/s1. The highest BCUT2D eigenvalue weighted by molar-refractivity contribution is 7.99. The molecule has 9 heteroatoms. The number of carbonyl (C=O) groups is 3. The molecular weight excluding hydrogens is 456 g/mol. The number of esters is 2. The van der Waals surface area contributed by atoms with Crippen LogP contribution in [0, 0.1) is 5.92 Å². The summed E-state index contributed by atoms with van der Waals surface area (Å²) in [5.74, 6) is -0.449. The first-order chi connectivity index (χ1) is 16.1. The molecule has 0 radical (unpaired) electrons. The first-order valence-electron chi connectivity index (χ1n) is 11.0. The summed E-state index contributed by atoms with van der Waals surface area (Å²) >= 11 is 1.73. The SMILES string of the molecule is COc1ccnc(C(=O)N[C@@H](C)C(=O)O[C@@H](C)[C@H](SCC(C)C)c2ccccc2)c1OC(C)=O. The van der Waals surface area contributed by atoms with E-state index in [0.717, 1.165) is 11.3 Å². The molecule has 0 fully saturated rings. The largest absolute Gasteiger partial charge is 0.493 e. The third kappa shape index (κ3) is 7.76. The zero-order chi connectivity index (χ0) is 25.3. The fourth-order valence-corrected chi connectivity index (χ4v) is 4.38. The second-order valence-corrected chi connectivity index (χ2v) is 9.35. The third-order valence-electron chi connectivity index (χ3n) is 4.72. The lowest BCUT2D eigenvalue weighted by atomic mass is 10.1. The van der Waals surface area contributed by atoms with Gasteiger partial charge in [0.1, 0.15) is 12.1 Å². The maximum absolute atomic E-state index is 12.8. The Balaban J connectivity index is 2.11. The van der Waals surface area contributed by atoms with Crippen LogP contribution in [-0.4, -0.2) is 47.8 Å². The molecule has 0 saturated heterocycles. The Bertz CT molecular complexity index is 983. The number of thioether (sulfide) groups is 1. The second kappa shape index (κ2) is 13.0. The summed E-state index contributed by atoms with van der Waals surface area (Å²) < 4.78 is 16.0. The summed E-state index contributed by atoms with van der Waals surface area (Å²) in [4.78, 5) is 41.1. The molecule has 1 amide bonds. The second-order valence-electron chi connectivity index (χ2n) is 8.18. The van der Waals surface area contributed by atoms with E-state index in [0.29, 0.717) is 5.92 Å². The van der Waals surface area contributed by atoms with Gasteiger partial charge in [0.25, 0.3) is 5.91 Å². The van der Waals surface area contributed by atoms with E-state index >= 15 is 0 Å². The highest BCUT2D eigenvalue weighted by Gasteiger charge is 2.28. The van der Waals surface area contributed by atoms with E-state index in [1.165, 1.54) is 33.2 Å². The van der Waals surface area contributed by atoms with Gasteiger partial charge in [-0.2, -0.15) is 0 Å². The van der Waals surface area contributed by atoms with E-state index in [-0.39, 0.29) is 22.4 Å². The van der Waals surface area contributed by atoms with E-state index in [1.807, 2.05) is 37.3 Å². The normalized spacial score (nSPS) is 13.5. The summed E-state index contributed by atoms with van der Waals surface area (Å²) in [6.45, 7) is 8.85. The van der Waals surface area contributed by atoms with Gasteiger partial charge in [0.15, 0.2) is 11.4 Å². The number of nitrogens with one attached hydrogen (secondary N) is 1. The lowest BCUT2D eigenvalue weighted by Gasteiger charge is -2.26. The molecule has 0 spiro atoms. The van der Waals surface area contributed by atoms with Crippen molar-refractivity contribution in [2.24, 2.45) is 5.92 Å². The molecule has 0 aliphatic heterocycles. The van der Waals surface area contributed by atoms with Gasteiger partial charge < -0.3 is 19.5 Å². The van der Waals surface area contributed by atoms with Crippen LogP contribution >= 0.6 is 11.8 Å². The van der Waals surface area contributed by atoms with Crippen molar-refractivity contribution in [2.45, 2.75) is 52.0 Å². The average molecular weight is 489 g/mol. The molecule has 0 saturated carbocycles. The van der Waals surface area contributed by atoms with Gasteiger partial charge in [-0.05, 0) is 31.1 Å². The fraction of sp³-hybridized carbons (Fsp3) is 0.440. The van der Waals surface area contributed by atoms with Crippen molar-refractivity contribution in [1.29, 1.82) is 0 Å². The molecule has 8 nitrogen and oxygen atoms in total. The first-order valence-corrected chi connectivity index (χ1v) is 12.1. The Labute approximate surface area is 204 Å². The van der Waals surface area contributed by atoms with Crippen molar-refractivity contribution in [1.82, 2.24) is 10.3 Å². The Kier molecular flexibility index (Phi) is 10.4. The highest BCUT2D eigenvalue weighted by atomic mass is 32.2. The number of carbonyl (C=O) groups excluding carboxylic acids is 3.